The SMILES string of the molecule is CC[C@H](C)NC(=O)C(=O)N1CCN(c2nc(C)c3c(c2C#N)CCCC3)CC1. The summed E-state index contributed by atoms with van der Waals surface area (Å²) in [5, 5.41) is 12.5. The van der Waals surface area contributed by atoms with Crippen molar-refractivity contribution in [1.82, 2.24) is 15.2 Å². The normalized spacial score (nSPS) is 17.5. The van der Waals surface area contributed by atoms with Crippen molar-refractivity contribution in [2.24, 2.45) is 0 Å². The summed E-state index contributed by atoms with van der Waals surface area (Å²) in [7, 11) is 0. The maximum atomic E-state index is 12.4. The number of hydrogen-bond acceptors (Lipinski definition) is 5. The number of nitrogens with one attached hydrogen (secondary N) is 1. The number of carbonyl (C=O) groups is 2. The number of nitrogens with zero attached hydrogens (tertiary/aromatic N) is 4. The molecule has 28 heavy (non-hydrogen) atoms. The lowest BCUT2D eigenvalue weighted by atomic mass is 9.88. The summed E-state index contributed by atoms with van der Waals surface area (Å²) >= 11 is 0. The molecular formula is C21H29N5O2. The first-order valence-corrected chi connectivity index (χ1v) is 10.2. The van der Waals surface area contributed by atoms with Crippen molar-refractivity contribution in [3.63, 3.8) is 0 Å². The Labute approximate surface area is 166 Å². The van der Waals surface area contributed by atoms with E-state index in [2.05, 4.69) is 16.3 Å². The van der Waals surface area contributed by atoms with Crippen molar-refractivity contribution in [3.05, 3.63) is 22.4 Å². The molecule has 1 aliphatic carbocycles. The molecule has 2 amide bonds. The topological polar surface area (TPSA) is 89.3 Å². The smallest absolute Gasteiger partial charge is 0.312 e. The molecule has 7 nitrogen and oxygen atoms in total. The number of fused-ring (bicyclic) bond motifs is 1. The summed E-state index contributed by atoms with van der Waals surface area (Å²) in [6.45, 7) is 7.92. The van der Waals surface area contributed by atoms with Crippen LogP contribution in [-0.4, -0.2) is 53.9 Å². The zero-order valence-electron chi connectivity index (χ0n) is 17.0. The van der Waals surface area contributed by atoms with E-state index in [4.69, 9.17) is 4.98 Å². The number of rotatable bonds is 3. The largest absolute Gasteiger partial charge is 0.352 e. The van der Waals surface area contributed by atoms with E-state index in [-0.39, 0.29) is 6.04 Å². The molecule has 0 spiro atoms. The highest BCUT2D eigenvalue weighted by atomic mass is 16.2. The van der Waals surface area contributed by atoms with E-state index >= 15 is 0 Å². The van der Waals surface area contributed by atoms with Crippen LogP contribution in [-0.2, 0) is 22.4 Å². The van der Waals surface area contributed by atoms with Crippen LogP contribution in [0.1, 0.15) is 55.5 Å². The van der Waals surface area contributed by atoms with Gasteiger partial charge >= 0.3 is 11.8 Å². The highest BCUT2D eigenvalue weighted by molar-refractivity contribution is 6.35. The van der Waals surface area contributed by atoms with E-state index in [1.54, 1.807) is 4.90 Å². The molecule has 1 aromatic heterocycles. The Morgan fingerprint density at radius 3 is 2.43 bits per heavy atom. The maximum Gasteiger partial charge on any atom is 0.312 e. The van der Waals surface area contributed by atoms with Crippen molar-refractivity contribution in [3.8, 4) is 6.07 Å². The van der Waals surface area contributed by atoms with Gasteiger partial charge in [0.15, 0.2) is 0 Å². The van der Waals surface area contributed by atoms with E-state index in [0.717, 1.165) is 49.2 Å². The number of amides is 2. The van der Waals surface area contributed by atoms with Gasteiger partial charge in [-0.3, -0.25) is 9.59 Å². The number of pyridine rings is 1. The van der Waals surface area contributed by atoms with E-state index < -0.39 is 11.8 Å². The van der Waals surface area contributed by atoms with Gasteiger partial charge in [0.05, 0.1) is 5.56 Å². The van der Waals surface area contributed by atoms with Crippen LogP contribution in [0.5, 0.6) is 0 Å². The van der Waals surface area contributed by atoms with Crippen LogP contribution in [0.3, 0.4) is 0 Å². The average Bonchev–Trinajstić information content (AvgIpc) is 2.73. The van der Waals surface area contributed by atoms with Crippen LogP contribution >= 0.6 is 0 Å². The van der Waals surface area contributed by atoms with Gasteiger partial charge in [-0.05, 0) is 57.1 Å². The predicted molar refractivity (Wildman–Crippen MR) is 107 cm³/mol. The molecule has 1 N–H and O–H groups in total. The van der Waals surface area contributed by atoms with Gasteiger partial charge < -0.3 is 15.1 Å². The minimum absolute atomic E-state index is 0.0152. The fraction of sp³-hybridized carbons (Fsp3) is 0.619. The zero-order chi connectivity index (χ0) is 20.3. The Hall–Kier alpha value is -2.62. The molecule has 1 saturated heterocycles. The molecule has 0 saturated carbocycles. The second kappa shape index (κ2) is 8.59. The Kier molecular flexibility index (Phi) is 6.18. The molecule has 150 valence electrons. The minimum atomic E-state index is -0.539. The van der Waals surface area contributed by atoms with Crippen molar-refractivity contribution < 1.29 is 9.59 Å². The first-order chi connectivity index (χ1) is 13.5. The molecule has 1 aliphatic heterocycles. The molecule has 0 unspecified atom stereocenters. The van der Waals surface area contributed by atoms with Gasteiger partial charge in [-0.15, -0.1) is 0 Å². The molecule has 7 heteroatoms. The lowest BCUT2D eigenvalue weighted by Gasteiger charge is -2.36. The lowest BCUT2D eigenvalue weighted by molar-refractivity contribution is -0.146. The van der Waals surface area contributed by atoms with Gasteiger partial charge in [0.2, 0.25) is 0 Å². The molecule has 1 fully saturated rings. The predicted octanol–water partition coefficient (Wildman–Crippen LogP) is 1.70. The Morgan fingerprint density at radius 1 is 1.18 bits per heavy atom. The fourth-order valence-electron chi connectivity index (χ4n) is 4.00. The molecule has 3 rings (SSSR count). The zero-order valence-corrected chi connectivity index (χ0v) is 17.0. The first kappa shape index (κ1) is 20.1. The number of anilines is 1. The first-order valence-electron chi connectivity index (χ1n) is 10.2. The molecule has 2 aliphatic rings. The van der Waals surface area contributed by atoms with Gasteiger partial charge in [-0.25, -0.2) is 4.98 Å². The molecular weight excluding hydrogens is 354 g/mol. The van der Waals surface area contributed by atoms with Gasteiger partial charge in [-0.1, -0.05) is 6.92 Å². The van der Waals surface area contributed by atoms with Crippen molar-refractivity contribution >= 4 is 17.6 Å². The third-order valence-electron chi connectivity index (χ3n) is 5.87. The van der Waals surface area contributed by atoms with Crippen LogP contribution in [0.4, 0.5) is 5.82 Å². The van der Waals surface area contributed by atoms with Crippen LogP contribution in [0.15, 0.2) is 0 Å². The summed E-state index contributed by atoms with van der Waals surface area (Å²) in [6.07, 6.45) is 4.98. The van der Waals surface area contributed by atoms with Gasteiger partial charge in [0, 0.05) is 37.9 Å². The van der Waals surface area contributed by atoms with E-state index in [1.165, 1.54) is 5.56 Å². The highest BCUT2D eigenvalue weighted by Gasteiger charge is 2.29. The van der Waals surface area contributed by atoms with E-state index in [0.29, 0.717) is 31.7 Å². The second-order valence-electron chi connectivity index (χ2n) is 7.73. The van der Waals surface area contributed by atoms with E-state index in [1.807, 2.05) is 20.8 Å². The molecule has 0 bridgehead atoms. The fourth-order valence-corrected chi connectivity index (χ4v) is 4.00. The Balaban J connectivity index is 1.72. The summed E-state index contributed by atoms with van der Waals surface area (Å²) in [5.41, 5.74) is 4.09. The maximum absolute atomic E-state index is 12.4. The standard InChI is InChI=1S/C21H29N5O2/c1-4-14(2)23-20(27)21(28)26-11-9-25(10-12-26)19-18(13-22)17-8-6-5-7-16(17)15(3)24-19/h14H,4-12H2,1-3H3,(H,23,27)/t14-/m0/s1. The Morgan fingerprint density at radius 2 is 1.82 bits per heavy atom. The monoisotopic (exact) mass is 383 g/mol. The summed E-state index contributed by atoms with van der Waals surface area (Å²) < 4.78 is 0. The summed E-state index contributed by atoms with van der Waals surface area (Å²) in [6, 6.07) is 2.36. The van der Waals surface area contributed by atoms with Crippen molar-refractivity contribution in [2.75, 3.05) is 31.1 Å². The number of hydrogen-bond donors (Lipinski definition) is 1. The van der Waals surface area contributed by atoms with Crippen LogP contribution < -0.4 is 10.2 Å². The lowest BCUT2D eigenvalue weighted by Crippen LogP contribution is -2.53. The molecule has 0 radical (unpaired) electrons. The van der Waals surface area contributed by atoms with Crippen LogP contribution in [0.25, 0.3) is 0 Å². The van der Waals surface area contributed by atoms with Gasteiger partial charge in [-0.2, -0.15) is 5.26 Å². The van der Waals surface area contributed by atoms with Gasteiger partial charge in [0.1, 0.15) is 11.9 Å². The number of nitriles is 1. The highest BCUT2D eigenvalue weighted by Crippen LogP contribution is 2.32. The second-order valence-corrected chi connectivity index (χ2v) is 7.73. The van der Waals surface area contributed by atoms with Crippen LogP contribution in [0, 0.1) is 18.3 Å². The number of carbonyl (C=O) groups excluding carboxylic acids is 2. The third-order valence-corrected chi connectivity index (χ3v) is 5.87. The van der Waals surface area contributed by atoms with Gasteiger partial charge in [0.25, 0.3) is 0 Å². The number of piperazine rings is 1. The van der Waals surface area contributed by atoms with Crippen LogP contribution in [0.2, 0.25) is 0 Å². The third kappa shape index (κ3) is 3.96. The quantitative estimate of drug-likeness (QED) is 0.803. The van der Waals surface area contributed by atoms with E-state index in [9.17, 15) is 14.9 Å². The Bertz CT molecular complexity index is 806. The average molecular weight is 383 g/mol. The summed E-state index contributed by atoms with van der Waals surface area (Å²) in [4.78, 5) is 32.9. The molecule has 2 heterocycles. The number of aromatic nitrogens is 1. The van der Waals surface area contributed by atoms with Crippen molar-refractivity contribution in [2.45, 2.75) is 58.9 Å². The molecule has 0 aromatic carbocycles. The molecule has 1 atom stereocenters. The summed E-state index contributed by atoms with van der Waals surface area (Å²) in [5.74, 6) is -0.282. The number of aryl methyl sites for hydroxylation is 1. The minimum Gasteiger partial charge on any atom is -0.352 e. The van der Waals surface area contributed by atoms with Crippen molar-refractivity contribution in [1.29, 1.82) is 5.26 Å². The molecule has 1 aromatic rings.